The maximum atomic E-state index is 14.5. The topological polar surface area (TPSA) is 45.2 Å². The molecule has 4 rings (SSSR count). The summed E-state index contributed by atoms with van der Waals surface area (Å²) in [6.07, 6.45) is 2.35. The maximum Gasteiger partial charge on any atom is 0.226 e. The van der Waals surface area contributed by atoms with E-state index in [0.717, 1.165) is 42.2 Å². The van der Waals surface area contributed by atoms with E-state index in [-0.39, 0.29) is 24.2 Å². The summed E-state index contributed by atoms with van der Waals surface area (Å²) in [4.78, 5) is 19.3. The molecular weight excluding hydrogens is 429 g/mol. The van der Waals surface area contributed by atoms with Crippen LogP contribution in [0.1, 0.15) is 30.1 Å². The molecule has 1 unspecified atom stereocenters. The summed E-state index contributed by atoms with van der Waals surface area (Å²) in [5, 5.41) is 10.3. The van der Waals surface area contributed by atoms with Crippen LogP contribution in [-0.2, 0) is 11.2 Å². The fraction of sp³-hybridized carbons (Fsp3) is 0.333. The second-order valence-corrected chi connectivity index (χ2v) is 9.08. The van der Waals surface area contributed by atoms with Gasteiger partial charge in [0.2, 0.25) is 5.91 Å². The Morgan fingerprint density at radius 1 is 1.28 bits per heavy atom. The van der Waals surface area contributed by atoms with Crippen molar-refractivity contribution in [2.24, 2.45) is 0 Å². The van der Waals surface area contributed by atoms with Gasteiger partial charge in [0.05, 0.1) is 18.2 Å². The number of rotatable bonds is 7. The number of amides is 1. The number of thiazole rings is 1. The fourth-order valence-electron chi connectivity index (χ4n) is 3.64. The predicted octanol–water partition coefficient (Wildman–Crippen LogP) is 5.16. The molecule has 1 amide bonds. The van der Waals surface area contributed by atoms with E-state index in [9.17, 15) is 9.18 Å². The van der Waals surface area contributed by atoms with E-state index in [0.29, 0.717) is 17.1 Å². The van der Waals surface area contributed by atoms with Crippen molar-refractivity contribution in [2.45, 2.75) is 25.3 Å². The number of hydrogen-bond donors (Lipinski definition) is 1. The third-order valence-corrected chi connectivity index (χ3v) is 7.02. The van der Waals surface area contributed by atoms with Gasteiger partial charge in [-0.1, -0.05) is 17.7 Å². The summed E-state index contributed by atoms with van der Waals surface area (Å²) < 4.78 is 14.5. The molecule has 0 spiro atoms. The van der Waals surface area contributed by atoms with Gasteiger partial charge < -0.3 is 5.32 Å². The summed E-state index contributed by atoms with van der Waals surface area (Å²) in [5.74, 6) is -0.451. The third kappa shape index (κ3) is 4.86. The van der Waals surface area contributed by atoms with Gasteiger partial charge in [-0.3, -0.25) is 9.69 Å². The minimum absolute atomic E-state index is 0.121. The molecular formula is C21H21ClFN3OS2. The van der Waals surface area contributed by atoms with Gasteiger partial charge in [0.1, 0.15) is 10.8 Å². The van der Waals surface area contributed by atoms with E-state index in [4.69, 9.17) is 11.6 Å². The van der Waals surface area contributed by atoms with Crippen LogP contribution in [0.15, 0.2) is 40.4 Å². The average molecular weight is 450 g/mol. The van der Waals surface area contributed by atoms with Gasteiger partial charge in [0, 0.05) is 33.5 Å². The molecule has 1 aromatic carbocycles. The molecule has 1 fully saturated rings. The van der Waals surface area contributed by atoms with Crippen molar-refractivity contribution in [1.29, 1.82) is 0 Å². The lowest BCUT2D eigenvalue weighted by molar-refractivity contribution is -0.120. The normalized spacial score (nSPS) is 15.5. The van der Waals surface area contributed by atoms with Crippen LogP contribution < -0.4 is 5.32 Å². The second kappa shape index (κ2) is 9.34. The molecule has 29 heavy (non-hydrogen) atoms. The molecule has 152 valence electrons. The number of nitrogens with zero attached hydrogens (tertiary/aromatic N) is 2. The minimum atomic E-state index is -0.330. The largest absolute Gasteiger partial charge is 0.354 e. The molecule has 0 saturated carbocycles. The van der Waals surface area contributed by atoms with Gasteiger partial charge in [-0.05, 0) is 49.5 Å². The van der Waals surface area contributed by atoms with Crippen LogP contribution >= 0.6 is 34.3 Å². The lowest BCUT2D eigenvalue weighted by Crippen LogP contribution is -2.38. The first-order valence-corrected chi connectivity index (χ1v) is 11.7. The first kappa shape index (κ1) is 20.5. The Bertz CT molecular complexity index is 950. The fourth-order valence-corrected chi connectivity index (χ4v) is 5.46. The minimum Gasteiger partial charge on any atom is -0.354 e. The van der Waals surface area contributed by atoms with Crippen LogP contribution in [0.4, 0.5) is 4.39 Å². The Hall–Kier alpha value is -1.80. The Kier molecular flexibility index (Phi) is 6.60. The number of likely N-dealkylation sites (tertiary alicyclic amines) is 1. The number of hydrogen-bond acceptors (Lipinski definition) is 5. The SMILES string of the molecule is O=C(Cc1csc(-c2ccsc2)n1)NCC(c1c(F)cccc1Cl)N1CCCC1. The van der Waals surface area contributed by atoms with Crippen molar-refractivity contribution < 1.29 is 9.18 Å². The molecule has 1 N–H and O–H groups in total. The quantitative estimate of drug-likeness (QED) is 0.541. The number of nitrogens with one attached hydrogen (secondary N) is 1. The maximum absolute atomic E-state index is 14.5. The van der Waals surface area contributed by atoms with Crippen molar-refractivity contribution >= 4 is 40.2 Å². The van der Waals surface area contributed by atoms with Crippen molar-refractivity contribution in [2.75, 3.05) is 19.6 Å². The van der Waals surface area contributed by atoms with Crippen LogP contribution in [0, 0.1) is 5.82 Å². The number of aromatic nitrogens is 1. The van der Waals surface area contributed by atoms with Gasteiger partial charge in [-0.25, -0.2) is 9.37 Å². The molecule has 0 aliphatic carbocycles. The zero-order valence-corrected chi connectivity index (χ0v) is 18.1. The lowest BCUT2D eigenvalue weighted by atomic mass is 10.0. The first-order chi connectivity index (χ1) is 14.1. The Balaban J connectivity index is 1.43. The molecule has 1 aliphatic rings. The predicted molar refractivity (Wildman–Crippen MR) is 117 cm³/mol. The Labute approximate surface area is 182 Å². The number of carbonyl (C=O) groups is 1. The summed E-state index contributed by atoms with van der Waals surface area (Å²) in [5.41, 5.74) is 2.29. The van der Waals surface area contributed by atoms with Crippen molar-refractivity contribution in [3.05, 3.63) is 62.5 Å². The average Bonchev–Trinajstić information content (AvgIpc) is 3.46. The molecule has 8 heteroatoms. The van der Waals surface area contributed by atoms with Crippen molar-refractivity contribution in [1.82, 2.24) is 15.2 Å². The molecule has 3 heterocycles. The third-order valence-electron chi connectivity index (χ3n) is 5.07. The summed E-state index contributed by atoms with van der Waals surface area (Å²) >= 11 is 9.47. The van der Waals surface area contributed by atoms with Crippen LogP contribution in [-0.4, -0.2) is 35.4 Å². The summed E-state index contributed by atoms with van der Waals surface area (Å²) in [6, 6.07) is 6.48. The second-order valence-electron chi connectivity index (χ2n) is 7.03. The van der Waals surface area contributed by atoms with E-state index in [1.165, 1.54) is 17.4 Å². The molecule has 4 nitrogen and oxygen atoms in total. The van der Waals surface area contributed by atoms with E-state index in [2.05, 4.69) is 15.2 Å². The number of benzene rings is 1. The Morgan fingerprint density at radius 3 is 2.83 bits per heavy atom. The molecule has 1 saturated heterocycles. The standard InChI is InChI=1S/C21H21ClFN3OS2/c22-16-4-3-5-17(23)20(16)18(26-7-1-2-8-26)11-24-19(27)10-15-13-29-21(25-15)14-6-9-28-12-14/h3-6,9,12-13,18H,1-2,7-8,10-11H2,(H,24,27). The summed E-state index contributed by atoms with van der Waals surface area (Å²) in [6.45, 7) is 2.07. The van der Waals surface area contributed by atoms with Crippen LogP contribution in [0.2, 0.25) is 5.02 Å². The number of carbonyl (C=O) groups excluding carboxylic acids is 1. The number of halogens is 2. The zero-order chi connectivity index (χ0) is 20.2. The van der Waals surface area contributed by atoms with E-state index in [1.807, 2.05) is 22.2 Å². The van der Waals surface area contributed by atoms with Gasteiger partial charge in [0.15, 0.2) is 0 Å². The highest BCUT2D eigenvalue weighted by atomic mass is 35.5. The van der Waals surface area contributed by atoms with Gasteiger partial charge in [-0.2, -0.15) is 11.3 Å². The molecule has 1 aliphatic heterocycles. The van der Waals surface area contributed by atoms with Crippen molar-refractivity contribution in [3.8, 4) is 10.6 Å². The highest BCUT2D eigenvalue weighted by Gasteiger charge is 2.28. The van der Waals surface area contributed by atoms with Gasteiger partial charge in [0.25, 0.3) is 0 Å². The van der Waals surface area contributed by atoms with Crippen molar-refractivity contribution in [3.63, 3.8) is 0 Å². The summed E-state index contributed by atoms with van der Waals surface area (Å²) in [7, 11) is 0. The highest BCUT2D eigenvalue weighted by Crippen LogP contribution is 2.32. The first-order valence-electron chi connectivity index (χ1n) is 9.53. The molecule has 1 atom stereocenters. The van der Waals surface area contributed by atoms with E-state index in [1.54, 1.807) is 23.5 Å². The van der Waals surface area contributed by atoms with Gasteiger partial charge >= 0.3 is 0 Å². The van der Waals surface area contributed by atoms with E-state index < -0.39 is 0 Å². The smallest absolute Gasteiger partial charge is 0.226 e. The van der Waals surface area contributed by atoms with Crippen LogP contribution in [0.3, 0.4) is 0 Å². The zero-order valence-electron chi connectivity index (χ0n) is 15.7. The highest BCUT2D eigenvalue weighted by molar-refractivity contribution is 7.14. The molecule has 0 bridgehead atoms. The van der Waals surface area contributed by atoms with Crippen LogP contribution in [0.25, 0.3) is 10.6 Å². The monoisotopic (exact) mass is 449 g/mol. The van der Waals surface area contributed by atoms with Gasteiger partial charge in [-0.15, -0.1) is 11.3 Å². The number of thiophene rings is 1. The Morgan fingerprint density at radius 2 is 2.10 bits per heavy atom. The van der Waals surface area contributed by atoms with E-state index >= 15 is 0 Å². The van der Waals surface area contributed by atoms with Crippen LogP contribution in [0.5, 0.6) is 0 Å². The lowest BCUT2D eigenvalue weighted by Gasteiger charge is -2.29. The molecule has 2 aromatic heterocycles. The molecule has 3 aromatic rings. The molecule has 0 radical (unpaired) electrons.